The number of nitrogens with zero attached hydrogens (tertiary/aromatic N) is 2. The van der Waals surface area contributed by atoms with Gasteiger partial charge < -0.3 is 10.2 Å². The Labute approximate surface area is 140 Å². The van der Waals surface area contributed by atoms with Crippen LogP contribution in [0.3, 0.4) is 0 Å². The Hall–Kier alpha value is -2.77. The quantitative estimate of drug-likeness (QED) is 0.676. The fraction of sp³-hybridized carbons (Fsp3) is 0.111. The van der Waals surface area contributed by atoms with E-state index in [1.54, 1.807) is 24.1 Å². The summed E-state index contributed by atoms with van der Waals surface area (Å²) in [6, 6.07) is 18.6. The van der Waals surface area contributed by atoms with Gasteiger partial charge in [0, 0.05) is 30.5 Å². The summed E-state index contributed by atoms with van der Waals surface area (Å²) in [7, 11) is 1.79. The maximum atomic E-state index is 12.1. The minimum Gasteiger partial charge on any atom is -0.350 e. The van der Waals surface area contributed by atoms with Gasteiger partial charge in [0.15, 0.2) is 0 Å². The van der Waals surface area contributed by atoms with Gasteiger partial charge in [-0.1, -0.05) is 41.9 Å². The lowest BCUT2D eigenvalue weighted by Gasteiger charge is -2.14. The molecule has 0 radical (unpaired) electrons. The molecule has 2 aromatic rings. The van der Waals surface area contributed by atoms with Crippen LogP contribution in [-0.2, 0) is 11.3 Å². The second kappa shape index (κ2) is 8.02. The third-order valence-electron chi connectivity index (χ3n) is 3.22. The van der Waals surface area contributed by atoms with E-state index in [9.17, 15) is 10.1 Å². The predicted octanol–water partition coefficient (Wildman–Crippen LogP) is 3.50. The van der Waals surface area contributed by atoms with Crippen molar-refractivity contribution in [1.29, 1.82) is 5.26 Å². The van der Waals surface area contributed by atoms with Gasteiger partial charge >= 0.3 is 0 Å². The maximum Gasteiger partial charge on any atom is 0.263 e. The van der Waals surface area contributed by atoms with Crippen molar-refractivity contribution in [2.75, 3.05) is 11.9 Å². The Morgan fingerprint density at radius 1 is 1.22 bits per heavy atom. The van der Waals surface area contributed by atoms with Crippen LogP contribution in [-0.4, -0.2) is 13.0 Å². The first-order chi connectivity index (χ1) is 11.1. The minimum absolute atomic E-state index is 0.0466. The van der Waals surface area contributed by atoms with Gasteiger partial charge in [-0.15, -0.1) is 0 Å². The molecular weight excluding hydrogens is 310 g/mol. The molecule has 0 fully saturated rings. The lowest BCUT2D eigenvalue weighted by Crippen LogP contribution is -2.25. The number of hydrogen-bond donors (Lipinski definition) is 1. The standard InChI is InChI=1S/C18H16ClN3O/c1-22(17-5-3-2-4-6-17)13-15(11-20)18(23)21-12-14-7-9-16(19)10-8-14/h2-10,13H,12H2,1H3,(H,21,23)/b15-13-. The summed E-state index contributed by atoms with van der Waals surface area (Å²) < 4.78 is 0. The van der Waals surface area contributed by atoms with Crippen LogP contribution in [0.25, 0.3) is 0 Å². The monoisotopic (exact) mass is 325 g/mol. The third-order valence-corrected chi connectivity index (χ3v) is 3.47. The number of carbonyl (C=O) groups excluding carboxylic acids is 1. The largest absolute Gasteiger partial charge is 0.350 e. The van der Waals surface area contributed by atoms with Crippen molar-refractivity contribution >= 4 is 23.2 Å². The number of halogens is 1. The summed E-state index contributed by atoms with van der Waals surface area (Å²) >= 11 is 5.82. The average molecular weight is 326 g/mol. The molecule has 0 aliphatic carbocycles. The molecule has 1 N–H and O–H groups in total. The fourth-order valence-electron chi connectivity index (χ4n) is 1.95. The molecule has 2 rings (SSSR count). The van der Waals surface area contributed by atoms with Gasteiger partial charge in [-0.05, 0) is 29.8 Å². The first kappa shape index (κ1) is 16.6. The number of nitriles is 1. The Morgan fingerprint density at radius 3 is 2.48 bits per heavy atom. The Bertz CT molecular complexity index is 733. The number of anilines is 1. The van der Waals surface area contributed by atoms with E-state index in [2.05, 4.69) is 5.32 Å². The minimum atomic E-state index is -0.412. The Morgan fingerprint density at radius 2 is 1.87 bits per heavy atom. The molecule has 0 heterocycles. The van der Waals surface area contributed by atoms with E-state index in [0.29, 0.717) is 11.6 Å². The van der Waals surface area contributed by atoms with Gasteiger partial charge in [-0.3, -0.25) is 4.79 Å². The number of benzene rings is 2. The summed E-state index contributed by atoms with van der Waals surface area (Å²) in [6.07, 6.45) is 1.52. The van der Waals surface area contributed by atoms with E-state index in [-0.39, 0.29) is 5.57 Å². The second-order valence-corrected chi connectivity index (χ2v) is 5.35. The second-order valence-electron chi connectivity index (χ2n) is 4.91. The summed E-state index contributed by atoms with van der Waals surface area (Å²) in [5.41, 5.74) is 1.85. The normalized spacial score (nSPS) is 10.7. The van der Waals surface area contributed by atoms with E-state index < -0.39 is 5.91 Å². The summed E-state index contributed by atoms with van der Waals surface area (Å²) in [5, 5.41) is 12.6. The van der Waals surface area contributed by atoms with Gasteiger partial charge in [0.1, 0.15) is 11.6 Å². The van der Waals surface area contributed by atoms with Crippen molar-refractivity contribution in [3.8, 4) is 6.07 Å². The highest BCUT2D eigenvalue weighted by Crippen LogP contribution is 2.13. The molecule has 0 unspecified atom stereocenters. The number of amides is 1. The molecule has 5 heteroatoms. The Balaban J connectivity index is 2.02. The molecule has 4 nitrogen and oxygen atoms in total. The maximum absolute atomic E-state index is 12.1. The van der Waals surface area contributed by atoms with Gasteiger partial charge in [-0.25, -0.2) is 0 Å². The first-order valence-electron chi connectivity index (χ1n) is 7.02. The van der Waals surface area contributed by atoms with Crippen LogP contribution in [0.15, 0.2) is 66.4 Å². The van der Waals surface area contributed by atoms with Crippen molar-refractivity contribution in [1.82, 2.24) is 5.32 Å². The van der Waals surface area contributed by atoms with Gasteiger partial charge in [-0.2, -0.15) is 5.26 Å². The van der Waals surface area contributed by atoms with Crippen molar-refractivity contribution in [3.63, 3.8) is 0 Å². The van der Waals surface area contributed by atoms with Crippen molar-refractivity contribution < 1.29 is 4.79 Å². The molecule has 0 saturated carbocycles. The Kier molecular flexibility index (Phi) is 5.79. The molecular formula is C18H16ClN3O. The van der Waals surface area contributed by atoms with Gasteiger partial charge in [0.2, 0.25) is 0 Å². The number of carbonyl (C=O) groups is 1. The predicted molar refractivity (Wildman–Crippen MR) is 91.8 cm³/mol. The lowest BCUT2D eigenvalue weighted by molar-refractivity contribution is -0.117. The highest BCUT2D eigenvalue weighted by Gasteiger charge is 2.10. The molecule has 2 aromatic carbocycles. The van der Waals surface area contributed by atoms with Crippen LogP contribution in [0.1, 0.15) is 5.56 Å². The molecule has 0 bridgehead atoms. The number of rotatable bonds is 5. The van der Waals surface area contributed by atoms with Crippen LogP contribution in [0.2, 0.25) is 5.02 Å². The lowest BCUT2D eigenvalue weighted by atomic mass is 10.2. The van der Waals surface area contributed by atoms with Crippen LogP contribution < -0.4 is 10.2 Å². The first-order valence-corrected chi connectivity index (χ1v) is 7.40. The van der Waals surface area contributed by atoms with Crippen LogP contribution in [0, 0.1) is 11.3 Å². The number of nitrogens with one attached hydrogen (secondary N) is 1. The number of hydrogen-bond acceptors (Lipinski definition) is 3. The van der Waals surface area contributed by atoms with Crippen LogP contribution >= 0.6 is 11.6 Å². The number of para-hydroxylation sites is 1. The van der Waals surface area contributed by atoms with E-state index >= 15 is 0 Å². The molecule has 0 saturated heterocycles. The van der Waals surface area contributed by atoms with Gasteiger partial charge in [0.25, 0.3) is 5.91 Å². The zero-order valence-corrected chi connectivity index (χ0v) is 13.4. The molecule has 23 heavy (non-hydrogen) atoms. The van der Waals surface area contributed by atoms with Crippen molar-refractivity contribution in [2.45, 2.75) is 6.54 Å². The molecule has 0 aromatic heterocycles. The summed E-state index contributed by atoms with van der Waals surface area (Å²) in [6.45, 7) is 0.337. The highest BCUT2D eigenvalue weighted by atomic mass is 35.5. The summed E-state index contributed by atoms with van der Waals surface area (Å²) in [5.74, 6) is -0.412. The van der Waals surface area contributed by atoms with Gasteiger partial charge in [0.05, 0.1) is 0 Å². The molecule has 0 aliphatic heterocycles. The van der Waals surface area contributed by atoms with E-state index in [1.165, 1.54) is 6.20 Å². The highest BCUT2D eigenvalue weighted by molar-refractivity contribution is 6.30. The topological polar surface area (TPSA) is 56.1 Å². The van der Waals surface area contributed by atoms with Crippen molar-refractivity contribution in [2.24, 2.45) is 0 Å². The zero-order valence-electron chi connectivity index (χ0n) is 12.7. The molecule has 0 spiro atoms. The van der Waals surface area contributed by atoms with E-state index in [4.69, 9.17) is 11.6 Å². The molecule has 1 amide bonds. The van der Waals surface area contributed by atoms with Crippen LogP contribution in [0.4, 0.5) is 5.69 Å². The molecule has 0 atom stereocenters. The fourth-order valence-corrected chi connectivity index (χ4v) is 2.08. The van der Waals surface area contributed by atoms with Crippen molar-refractivity contribution in [3.05, 3.63) is 77.0 Å². The third kappa shape index (κ3) is 4.87. The smallest absolute Gasteiger partial charge is 0.263 e. The van der Waals surface area contributed by atoms with E-state index in [0.717, 1.165) is 11.3 Å². The summed E-state index contributed by atoms with van der Waals surface area (Å²) in [4.78, 5) is 13.9. The molecule has 116 valence electrons. The molecule has 0 aliphatic rings. The average Bonchev–Trinajstić information content (AvgIpc) is 2.59. The van der Waals surface area contributed by atoms with E-state index in [1.807, 2.05) is 48.5 Å². The zero-order chi connectivity index (χ0) is 16.7. The van der Waals surface area contributed by atoms with Crippen LogP contribution in [0.5, 0.6) is 0 Å². The SMILES string of the molecule is CN(/C=C(/C#N)C(=O)NCc1ccc(Cl)cc1)c1ccccc1.